The number of rotatable bonds is 8. The van der Waals surface area contributed by atoms with Gasteiger partial charge in [0, 0.05) is 30.2 Å². The van der Waals surface area contributed by atoms with Gasteiger partial charge in [0.1, 0.15) is 11.5 Å². The van der Waals surface area contributed by atoms with Gasteiger partial charge in [0.25, 0.3) is 0 Å². The van der Waals surface area contributed by atoms with Crippen LogP contribution in [0.4, 0.5) is 0 Å². The van der Waals surface area contributed by atoms with Crippen LogP contribution in [-0.2, 0) is 11.3 Å². The molecule has 4 rings (SSSR count). The number of ether oxygens (including phenoxy) is 3. The molecule has 34 heavy (non-hydrogen) atoms. The number of hydrogen-bond donors (Lipinski definition) is 0. The Morgan fingerprint density at radius 2 is 1.85 bits per heavy atom. The fourth-order valence-corrected chi connectivity index (χ4v) is 4.54. The molecule has 0 N–H and O–H groups in total. The van der Waals surface area contributed by atoms with E-state index in [-0.39, 0.29) is 11.9 Å². The number of carbonyl (C=O) groups is 1. The molecule has 1 aromatic heterocycles. The zero-order chi connectivity index (χ0) is 24.1. The van der Waals surface area contributed by atoms with Gasteiger partial charge in [0.2, 0.25) is 11.8 Å². The Morgan fingerprint density at radius 3 is 2.56 bits per heavy atom. The molecular formula is C27H27BrN2O4. The number of nitrogens with zero attached hydrogens (tertiary/aromatic N) is 2. The van der Waals surface area contributed by atoms with E-state index in [2.05, 4.69) is 34.1 Å². The first-order valence-electron chi connectivity index (χ1n) is 11.0. The van der Waals surface area contributed by atoms with Gasteiger partial charge in [-0.15, -0.1) is 0 Å². The van der Waals surface area contributed by atoms with E-state index in [1.807, 2.05) is 53.4 Å². The van der Waals surface area contributed by atoms with Crippen molar-refractivity contribution in [2.24, 2.45) is 0 Å². The van der Waals surface area contributed by atoms with E-state index in [1.54, 1.807) is 21.3 Å². The highest BCUT2D eigenvalue weighted by Gasteiger charge is 2.31. The third-order valence-corrected chi connectivity index (χ3v) is 6.54. The number of aromatic nitrogens is 1. The molecule has 1 aliphatic heterocycles. The fraction of sp³-hybridized carbons (Fsp3) is 0.259. The summed E-state index contributed by atoms with van der Waals surface area (Å²) in [7, 11) is 4.85. The monoisotopic (exact) mass is 522 g/mol. The number of methoxy groups -OCH3 is 3. The highest BCUT2D eigenvalue weighted by molar-refractivity contribution is 9.10. The molecule has 1 atom stereocenters. The van der Waals surface area contributed by atoms with E-state index < -0.39 is 0 Å². The summed E-state index contributed by atoms with van der Waals surface area (Å²) in [6, 6.07) is 19.6. The van der Waals surface area contributed by atoms with Gasteiger partial charge < -0.3 is 19.1 Å². The van der Waals surface area contributed by atoms with Crippen LogP contribution in [0.5, 0.6) is 17.4 Å². The van der Waals surface area contributed by atoms with Crippen LogP contribution in [0.15, 0.2) is 71.2 Å². The van der Waals surface area contributed by atoms with Crippen LogP contribution in [0.3, 0.4) is 0 Å². The second kappa shape index (κ2) is 10.7. The molecule has 0 spiro atoms. The summed E-state index contributed by atoms with van der Waals surface area (Å²) >= 11 is 3.48. The lowest BCUT2D eigenvalue weighted by Gasteiger charge is -2.25. The Bertz CT molecular complexity index is 1200. The summed E-state index contributed by atoms with van der Waals surface area (Å²) in [5.41, 5.74) is 3.70. The van der Waals surface area contributed by atoms with Crippen molar-refractivity contribution >= 4 is 27.4 Å². The molecule has 7 heteroatoms. The topological polar surface area (TPSA) is 60.9 Å². The van der Waals surface area contributed by atoms with Crippen molar-refractivity contribution in [1.82, 2.24) is 9.88 Å². The SMILES string of the molecule is COc1ccc(CN2C(=O)CC[C@@H]2/C=C(\c2ccccc2)c2ccc(Br)c(OC)n2)c(OC)c1. The second-order valence-corrected chi connectivity index (χ2v) is 8.79. The van der Waals surface area contributed by atoms with E-state index in [9.17, 15) is 4.79 Å². The third-order valence-electron chi connectivity index (χ3n) is 5.94. The van der Waals surface area contributed by atoms with Crippen molar-refractivity contribution in [2.45, 2.75) is 25.4 Å². The van der Waals surface area contributed by atoms with Crippen LogP contribution in [0.25, 0.3) is 5.57 Å². The van der Waals surface area contributed by atoms with Gasteiger partial charge in [-0.05, 0) is 52.2 Å². The predicted molar refractivity (Wildman–Crippen MR) is 135 cm³/mol. The molecule has 0 radical (unpaired) electrons. The van der Waals surface area contributed by atoms with Gasteiger partial charge in [0.05, 0.1) is 37.5 Å². The lowest BCUT2D eigenvalue weighted by Crippen LogP contribution is -2.31. The predicted octanol–water partition coefficient (Wildman–Crippen LogP) is 5.49. The van der Waals surface area contributed by atoms with Crippen molar-refractivity contribution in [3.05, 3.63) is 88.0 Å². The zero-order valence-corrected chi connectivity index (χ0v) is 21.0. The van der Waals surface area contributed by atoms with E-state index in [0.29, 0.717) is 30.3 Å². The normalized spacial score (nSPS) is 16.0. The number of likely N-dealkylation sites (tertiary alicyclic amines) is 1. The molecule has 0 bridgehead atoms. The quantitative estimate of drug-likeness (QED) is 0.391. The van der Waals surface area contributed by atoms with Crippen LogP contribution < -0.4 is 14.2 Å². The summed E-state index contributed by atoms with van der Waals surface area (Å²) in [4.78, 5) is 19.5. The van der Waals surface area contributed by atoms with Crippen molar-refractivity contribution in [1.29, 1.82) is 0 Å². The van der Waals surface area contributed by atoms with Crippen LogP contribution in [0.2, 0.25) is 0 Å². The average Bonchev–Trinajstić information content (AvgIpc) is 3.22. The molecule has 0 unspecified atom stereocenters. The number of halogens is 1. The number of amides is 1. The highest BCUT2D eigenvalue weighted by atomic mass is 79.9. The summed E-state index contributed by atoms with van der Waals surface area (Å²) in [5.74, 6) is 2.05. The maximum absolute atomic E-state index is 12.9. The molecule has 0 aliphatic carbocycles. The number of carbonyl (C=O) groups excluding carboxylic acids is 1. The van der Waals surface area contributed by atoms with Crippen molar-refractivity contribution in [3.63, 3.8) is 0 Å². The molecule has 1 amide bonds. The maximum Gasteiger partial charge on any atom is 0.228 e. The van der Waals surface area contributed by atoms with Gasteiger partial charge >= 0.3 is 0 Å². The molecule has 1 fully saturated rings. The van der Waals surface area contributed by atoms with Crippen LogP contribution in [-0.4, -0.2) is 43.2 Å². The smallest absolute Gasteiger partial charge is 0.228 e. The molecule has 3 aromatic rings. The van der Waals surface area contributed by atoms with Gasteiger partial charge in [-0.25, -0.2) is 4.98 Å². The fourth-order valence-electron chi connectivity index (χ4n) is 4.16. The van der Waals surface area contributed by atoms with Gasteiger partial charge in [0.15, 0.2) is 0 Å². The van der Waals surface area contributed by atoms with Crippen molar-refractivity contribution in [2.75, 3.05) is 21.3 Å². The molecule has 1 saturated heterocycles. The first kappa shape index (κ1) is 23.8. The largest absolute Gasteiger partial charge is 0.497 e. The minimum absolute atomic E-state index is 0.0778. The Morgan fingerprint density at radius 1 is 1.06 bits per heavy atom. The summed E-state index contributed by atoms with van der Waals surface area (Å²) in [6.45, 7) is 0.451. The van der Waals surface area contributed by atoms with Gasteiger partial charge in [-0.1, -0.05) is 36.4 Å². The molecule has 2 heterocycles. The number of benzene rings is 2. The Balaban J connectivity index is 1.73. The van der Waals surface area contributed by atoms with Crippen molar-refractivity contribution < 1.29 is 19.0 Å². The minimum Gasteiger partial charge on any atom is -0.497 e. The van der Waals surface area contributed by atoms with Gasteiger partial charge in [-0.3, -0.25) is 4.79 Å². The van der Waals surface area contributed by atoms with E-state index in [0.717, 1.165) is 33.3 Å². The summed E-state index contributed by atoms with van der Waals surface area (Å²) < 4.78 is 17.1. The Hall–Kier alpha value is -3.32. The standard InChI is InChI=1S/C27H27BrN2O4/c1-32-21-11-9-19(25(16-21)33-2)17-30-20(10-14-26(30)31)15-22(18-7-5-4-6-8-18)24-13-12-23(28)27(29-24)34-3/h4-9,11-13,15-16,20H,10,14,17H2,1-3H3/b22-15+/t20-/m1/s1. The Kier molecular flexibility index (Phi) is 7.53. The lowest BCUT2D eigenvalue weighted by molar-refractivity contribution is -0.129. The van der Waals surface area contributed by atoms with Crippen LogP contribution in [0.1, 0.15) is 29.7 Å². The molecule has 0 saturated carbocycles. The molecule has 6 nitrogen and oxygen atoms in total. The minimum atomic E-state index is -0.0778. The maximum atomic E-state index is 12.9. The first-order chi connectivity index (χ1) is 16.5. The summed E-state index contributed by atoms with van der Waals surface area (Å²) in [6.07, 6.45) is 3.38. The van der Waals surface area contributed by atoms with E-state index in [4.69, 9.17) is 19.2 Å². The first-order valence-corrected chi connectivity index (χ1v) is 11.8. The highest BCUT2D eigenvalue weighted by Crippen LogP contribution is 2.33. The molecule has 2 aromatic carbocycles. The Labute approximate surface area is 208 Å². The second-order valence-electron chi connectivity index (χ2n) is 7.94. The van der Waals surface area contributed by atoms with Crippen molar-refractivity contribution in [3.8, 4) is 17.4 Å². The van der Waals surface area contributed by atoms with Crippen LogP contribution >= 0.6 is 15.9 Å². The average molecular weight is 523 g/mol. The molecular weight excluding hydrogens is 496 g/mol. The lowest BCUT2D eigenvalue weighted by atomic mass is 9.98. The van der Waals surface area contributed by atoms with Crippen LogP contribution in [0, 0.1) is 0 Å². The third kappa shape index (κ3) is 5.09. The summed E-state index contributed by atoms with van der Waals surface area (Å²) in [5, 5.41) is 0. The van der Waals surface area contributed by atoms with E-state index >= 15 is 0 Å². The number of pyridine rings is 1. The zero-order valence-electron chi connectivity index (χ0n) is 19.5. The van der Waals surface area contributed by atoms with Gasteiger partial charge in [-0.2, -0.15) is 0 Å². The van der Waals surface area contributed by atoms with E-state index in [1.165, 1.54) is 0 Å². The molecule has 176 valence electrons. The molecule has 1 aliphatic rings. The number of hydrogen-bond acceptors (Lipinski definition) is 5.